The minimum Gasteiger partial charge on any atom is -0.0530 e. The van der Waals surface area contributed by atoms with Crippen molar-refractivity contribution in [3.63, 3.8) is 0 Å². The molecule has 0 aromatic carbocycles. The van der Waals surface area contributed by atoms with Crippen LogP contribution in [-0.4, -0.2) is 0 Å². The largest absolute Gasteiger partial charge is 0.0530 e. The molecule has 0 heterocycles. The van der Waals surface area contributed by atoms with Crippen LogP contribution < -0.4 is 0 Å². The Morgan fingerprint density at radius 3 is 1.79 bits per heavy atom. The van der Waals surface area contributed by atoms with E-state index in [4.69, 9.17) is 0 Å². The van der Waals surface area contributed by atoms with E-state index in [0.717, 1.165) is 29.6 Å². The van der Waals surface area contributed by atoms with E-state index in [1.54, 1.807) is 89.9 Å². The molecule has 0 aromatic rings. The van der Waals surface area contributed by atoms with Gasteiger partial charge in [-0.3, -0.25) is 0 Å². The SMILES string of the molecule is C1CCC2CC3C(CC2C1)CC1CCC2CCCC4CCC3C1C24. The molecule has 134 valence electrons. The van der Waals surface area contributed by atoms with Crippen LogP contribution in [-0.2, 0) is 0 Å². The summed E-state index contributed by atoms with van der Waals surface area (Å²) in [7, 11) is 0. The van der Waals surface area contributed by atoms with Crippen molar-refractivity contribution in [1.82, 2.24) is 0 Å². The van der Waals surface area contributed by atoms with Gasteiger partial charge in [0.2, 0.25) is 0 Å². The molecule has 6 fully saturated rings. The second-order valence-corrected chi connectivity index (χ2v) is 11.1. The van der Waals surface area contributed by atoms with Gasteiger partial charge in [-0.25, -0.2) is 0 Å². The molecule has 24 heavy (non-hydrogen) atoms. The Kier molecular flexibility index (Phi) is 3.62. The molecule has 0 aliphatic heterocycles. The standard InChI is InChI=1S/C24H38/c1-2-5-18-14-22-20(12-17(18)4-1)13-19-9-8-15-6-3-7-16-10-11-21(22)24(19)23(15)16/h15-24H,1-14H2. The number of fused-ring (bicyclic) bond motifs is 3. The highest BCUT2D eigenvalue weighted by Gasteiger charge is 2.56. The summed E-state index contributed by atoms with van der Waals surface area (Å²) < 4.78 is 0. The molecule has 0 spiro atoms. The zero-order chi connectivity index (χ0) is 15.7. The van der Waals surface area contributed by atoms with Crippen LogP contribution in [0.15, 0.2) is 0 Å². The molecule has 6 saturated carbocycles. The third kappa shape index (κ3) is 2.16. The first-order valence-corrected chi connectivity index (χ1v) is 11.9. The van der Waals surface area contributed by atoms with Crippen molar-refractivity contribution in [3.05, 3.63) is 0 Å². The second-order valence-electron chi connectivity index (χ2n) is 11.1. The lowest BCUT2D eigenvalue weighted by molar-refractivity contribution is -0.134. The molecule has 0 heteroatoms. The smallest absolute Gasteiger partial charge is 0.0321 e. The van der Waals surface area contributed by atoms with Gasteiger partial charge in [0.1, 0.15) is 0 Å². The summed E-state index contributed by atoms with van der Waals surface area (Å²) >= 11 is 0. The fraction of sp³-hybridized carbons (Fsp3) is 1.00. The Hall–Kier alpha value is 0. The summed E-state index contributed by atoms with van der Waals surface area (Å²) in [6, 6.07) is 0. The van der Waals surface area contributed by atoms with Gasteiger partial charge < -0.3 is 0 Å². The van der Waals surface area contributed by atoms with Crippen LogP contribution in [0.1, 0.15) is 89.9 Å². The molecular weight excluding hydrogens is 288 g/mol. The molecule has 0 aromatic heterocycles. The molecule has 0 amide bonds. The van der Waals surface area contributed by atoms with Gasteiger partial charge in [-0.15, -0.1) is 0 Å². The summed E-state index contributed by atoms with van der Waals surface area (Å²) in [5.41, 5.74) is 0. The van der Waals surface area contributed by atoms with E-state index in [1.807, 2.05) is 0 Å². The highest BCUT2D eigenvalue weighted by atomic mass is 14.6. The second kappa shape index (κ2) is 5.75. The minimum atomic E-state index is 1.15. The lowest BCUT2D eigenvalue weighted by Gasteiger charge is -2.63. The van der Waals surface area contributed by atoms with E-state index < -0.39 is 0 Å². The lowest BCUT2D eigenvalue weighted by Crippen LogP contribution is -2.55. The zero-order valence-corrected chi connectivity index (χ0v) is 15.7. The Balaban J connectivity index is 1.30. The van der Waals surface area contributed by atoms with Crippen molar-refractivity contribution in [2.45, 2.75) is 89.9 Å². The number of hydrogen-bond donors (Lipinski definition) is 0. The first-order valence-electron chi connectivity index (χ1n) is 11.9. The van der Waals surface area contributed by atoms with Crippen molar-refractivity contribution < 1.29 is 0 Å². The predicted octanol–water partition coefficient (Wildman–Crippen LogP) is 6.69. The lowest BCUT2D eigenvalue weighted by atomic mass is 9.42. The van der Waals surface area contributed by atoms with Gasteiger partial charge in [-0.2, -0.15) is 0 Å². The minimum absolute atomic E-state index is 1.15. The average Bonchev–Trinajstić information content (AvgIpc) is 2.64. The molecule has 6 aliphatic rings. The van der Waals surface area contributed by atoms with Crippen molar-refractivity contribution in [2.24, 2.45) is 59.2 Å². The summed E-state index contributed by atoms with van der Waals surface area (Å²) in [6.45, 7) is 0. The molecule has 10 unspecified atom stereocenters. The molecule has 0 N–H and O–H groups in total. The van der Waals surface area contributed by atoms with E-state index in [1.165, 1.54) is 29.6 Å². The normalized spacial score (nSPS) is 59.0. The van der Waals surface area contributed by atoms with E-state index in [9.17, 15) is 0 Å². The molecular formula is C24H38. The maximum atomic E-state index is 1.67. The number of rotatable bonds is 0. The summed E-state index contributed by atoms with van der Waals surface area (Å²) in [5, 5.41) is 0. The summed E-state index contributed by atoms with van der Waals surface area (Å²) in [4.78, 5) is 0. The van der Waals surface area contributed by atoms with Crippen LogP contribution >= 0.6 is 0 Å². The van der Waals surface area contributed by atoms with E-state index in [-0.39, 0.29) is 0 Å². The van der Waals surface area contributed by atoms with E-state index in [0.29, 0.717) is 0 Å². The highest BCUT2D eigenvalue weighted by molar-refractivity contribution is 5.06. The van der Waals surface area contributed by atoms with Crippen molar-refractivity contribution in [2.75, 3.05) is 0 Å². The Labute approximate surface area is 149 Å². The van der Waals surface area contributed by atoms with Crippen molar-refractivity contribution in [3.8, 4) is 0 Å². The molecule has 0 nitrogen and oxygen atoms in total. The van der Waals surface area contributed by atoms with Gasteiger partial charge in [0.05, 0.1) is 0 Å². The van der Waals surface area contributed by atoms with Gasteiger partial charge in [0.25, 0.3) is 0 Å². The van der Waals surface area contributed by atoms with Crippen LogP contribution in [0, 0.1) is 59.2 Å². The zero-order valence-electron chi connectivity index (χ0n) is 15.7. The fourth-order valence-corrected chi connectivity index (χ4v) is 9.85. The van der Waals surface area contributed by atoms with Crippen LogP contribution in [0.3, 0.4) is 0 Å². The van der Waals surface area contributed by atoms with Crippen LogP contribution in [0.5, 0.6) is 0 Å². The third-order valence-corrected chi connectivity index (χ3v) is 10.5. The topological polar surface area (TPSA) is 0 Å². The molecule has 0 saturated heterocycles. The highest BCUT2D eigenvalue weighted by Crippen LogP contribution is 2.65. The molecule has 0 bridgehead atoms. The summed E-state index contributed by atoms with van der Waals surface area (Å²) in [6.07, 6.45) is 22.6. The monoisotopic (exact) mass is 326 g/mol. The molecule has 0 radical (unpaired) electrons. The van der Waals surface area contributed by atoms with Gasteiger partial charge in [-0.05, 0) is 104 Å². The molecule has 10 atom stereocenters. The Morgan fingerprint density at radius 1 is 0.333 bits per heavy atom. The van der Waals surface area contributed by atoms with Crippen LogP contribution in [0.2, 0.25) is 0 Å². The Morgan fingerprint density at radius 2 is 0.958 bits per heavy atom. The maximum Gasteiger partial charge on any atom is -0.0321 e. The van der Waals surface area contributed by atoms with Crippen LogP contribution in [0.25, 0.3) is 0 Å². The molecule has 6 rings (SSSR count). The van der Waals surface area contributed by atoms with Gasteiger partial charge in [0.15, 0.2) is 0 Å². The average molecular weight is 327 g/mol. The van der Waals surface area contributed by atoms with E-state index >= 15 is 0 Å². The van der Waals surface area contributed by atoms with Gasteiger partial charge in [-0.1, -0.05) is 44.9 Å². The Bertz CT molecular complexity index is 474. The first kappa shape index (κ1) is 15.1. The predicted molar refractivity (Wildman–Crippen MR) is 99.5 cm³/mol. The van der Waals surface area contributed by atoms with Gasteiger partial charge in [0, 0.05) is 0 Å². The fourth-order valence-electron chi connectivity index (χ4n) is 9.85. The summed E-state index contributed by atoms with van der Waals surface area (Å²) in [5.74, 6) is 11.7. The molecule has 6 aliphatic carbocycles. The maximum absolute atomic E-state index is 1.67. The van der Waals surface area contributed by atoms with Gasteiger partial charge >= 0.3 is 0 Å². The van der Waals surface area contributed by atoms with Crippen molar-refractivity contribution in [1.29, 1.82) is 0 Å². The number of hydrogen-bond acceptors (Lipinski definition) is 0. The van der Waals surface area contributed by atoms with E-state index in [2.05, 4.69) is 0 Å². The first-order chi connectivity index (χ1) is 11.9. The van der Waals surface area contributed by atoms with Crippen LogP contribution in [0.4, 0.5) is 0 Å². The quantitative estimate of drug-likeness (QED) is 0.465. The third-order valence-electron chi connectivity index (χ3n) is 10.5. The van der Waals surface area contributed by atoms with Crippen molar-refractivity contribution >= 4 is 0 Å².